The normalized spacial score (nSPS) is 16.5. The van der Waals surface area contributed by atoms with E-state index in [2.05, 4.69) is 10.2 Å². The number of ketones is 1. The first kappa shape index (κ1) is 16.8. The number of Topliss-reactive ketones (excluding diaryl/α,β-unsaturated/α-hetero) is 1. The monoisotopic (exact) mass is 316 g/mol. The van der Waals surface area contributed by atoms with Gasteiger partial charge in [0, 0.05) is 38.3 Å². The Labute approximate surface area is 127 Å². The molecule has 0 radical (unpaired) electrons. The first-order valence-corrected chi connectivity index (χ1v) is 7.11. The number of carbonyl (C=O) groups excluding carboxylic acids is 1. The van der Waals surface area contributed by atoms with E-state index < -0.39 is 11.7 Å². The van der Waals surface area contributed by atoms with Crippen molar-refractivity contribution in [1.82, 2.24) is 10.2 Å². The molecular weight excluding hydrogens is 297 g/mol. The molecule has 1 heterocycles. The van der Waals surface area contributed by atoms with Gasteiger partial charge in [-0.25, -0.2) is 0 Å². The SMILES string of the molecule is CC(=O)COc1cc(C(F)(F)F)ccc1CN1CCNCC1. The Kier molecular flexibility index (Phi) is 5.42. The zero-order valence-electron chi connectivity index (χ0n) is 12.4. The Morgan fingerprint density at radius 3 is 2.59 bits per heavy atom. The van der Waals surface area contributed by atoms with Crippen LogP contribution in [-0.4, -0.2) is 43.5 Å². The molecule has 0 saturated carbocycles. The minimum atomic E-state index is -4.43. The fourth-order valence-electron chi connectivity index (χ4n) is 2.29. The molecule has 7 heteroatoms. The van der Waals surface area contributed by atoms with Crippen LogP contribution < -0.4 is 10.1 Å². The first-order chi connectivity index (χ1) is 10.4. The molecular formula is C15H19F3N2O2. The topological polar surface area (TPSA) is 41.6 Å². The highest BCUT2D eigenvalue weighted by Crippen LogP contribution is 2.33. The Morgan fingerprint density at radius 1 is 1.32 bits per heavy atom. The van der Waals surface area contributed by atoms with Gasteiger partial charge in [0.05, 0.1) is 5.56 Å². The van der Waals surface area contributed by atoms with Crippen LogP contribution in [0.4, 0.5) is 13.2 Å². The summed E-state index contributed by atoms with van der Waals surface area (Å²) in [6.45, 7) is 4.97. The van der Waals surface area contributed by atoms with Crippen LogP contribution >= 0.6 is 0 Å². The molecule has 0 aliphatic carbocycles. The van der Waals surface area contributed by atoms with Crippen molar-refractivity contribution >= 4 is 5.78 Å². The lowest BCUT2D eigenvalue weighted by Gasteiger charge is -2.28. The molecule has 4 nitrogen and oxygen atoms in total. The van der Waals surface area contributed by atoms with Crippen LogP contribution in [0, 0.1) is 0 Å². The van der Waals surface area contributed by atoms with Crippen LogP contribution in [0.15, 0.2) is 18.2 Å². The standard InChI is InChI=1S/C15H19F3N2O2/c1-11(21)10-22-14-8-13(15(16,17)18)3-2-12(14)9-20-6-4-19-5-7-20/h2-3,8,19H,4-7,9-10H2,1H3. The minimum Gasteiger partial charge on any atom is -0.486 e. The van der Waals surface area contributed by atoms with Gasteiger partial charge < -0.3 is 10.1 Å². The van der Waals surface area contributed by atoms with Crippen LogP contribution in [0.2, 0.25) is 0 Å². The van der Waals surface area contributed by atoms with E-state index in [1.54, 1.807) is 0 Å². The number of nitrogens with zero attached hydrogens (tertiary/aromatic N) is 1. The second-order valence-corrected chi connectivity index (χ2v) is 5.34. The van der Waals surface area contributed by atoms with Crippen LogP contribution in [0.3, 0.4) is 0 Å². The molecule has 0 unspecified atom stereocenters. The van der Waals surface area contributed by atoms with Gasteiger partial charge in [0.25, 0.3) is 0 Å². The lowest BCUT2D eigenvalue weighted by Crippen LogP contribution is -2.42. The molecule has 1 fully saturated rings. The van der Waals surface area contributed by atoms with E-state index in [-0.39, 0.29) is 18.1 Å². The van der Waals surface area contributed by atoms with Crippen LogP contribution in [0.1, 0.15) is 18.1 Å². The van der Waals surface area contributed by atoms with E-state index in [4.69, 9.17) is 4.74 Å². The van der Waals surface area contributed by atoms with Gasteiger partial charge in [-0.05, 0) is 19.1 Å². The summed E-state index contributed by atoms with van der Waals surface area (Å²) < 4.78 is 43.7. The van der Waals surface area contributed by atoms with Crippen molar-refractivity contribution in [3.05, 3.63) is 29.3 Å². The Balaban J connectivity index is 2.20. The predicted octanol–water partition coefficient (Wildman–Crippen LogP) is 2.08. The number of piperazine rings is 1. The van der Waals surface area contributed by atoms with Crippen molar-refractivity contribution in [2.45, 2.75) is 19.6 Å². The summed E-state index contributed by atoms with van der Waals surface area (Å²) in [4.78, 5) is 13.2. The molecule has 2 rings (SSSR count). The van der Waals surface area contributed by atoms with E-state index in [0.717, 1.165) is 38.3 Å². The maximum Gasteiger partial charge on any atom is 0.416 e. The Morgan fingerprint density at radius 2 is 2.00 bits per heavy atom. The number of hydrogen-bond acceptors (Lipinski definition) is 4. The minimum absolute atomic E-state index is 0.128. The molecule has 22 heavy (non-hydrogen) atoms. The number of nitrogens with one attached hydrogen (secondary N) is 1. The van der Waals surface area contributed by atoms with E-state index in [9.17, 15) is 18.0 Å². The molecule has 1 N–H and O–H groups in total. The molecule has 1 saturated heterocycles. The van der Waals surface area contributed by atoms with Crippen molar-refractivity contribution in [3.8, 4) is 5.75 Å². The number of alkyl halides is 3. The van der Waals surface area contributed by atoms with Gasteiger partial charge in [0.15, 0.2) is 5.78 Å². The van der Waals surface area contributed by atoms with E-state index >= 15 is 0 Å². The number of hydrogen-bond donors (Lipinski definition) is 1. The highest BCUT2D eigenvalue weighted by atomic mass is 19.4. The maximum atomic E-state index is 12.8. The first-order valence-electron chi connectivity index (χ1n) is 7.11. The molecule has 1 aromatic carbocycles. The zero-order valence-corrected chi connectivity index (χ0v) is 12.4. The average Bonchev–Trinajstić information content (AvgIpc) is 2.46. The average molecular weight is 316 g/mol. The summed E-state index contributed by atoms with van der Waals surface area (Å²) >= 11 is 0. The van der Waals surface area contributed by atoms with Gasteiger partial charge >= 0.3 is 6.18 Å². The molecule has 122 valence electrons. The van der Waals surface area contributed by atoms with Crippen molar-refractivity contribution in [3.63, 3.8) is 0 Å². The molecule has 0 amide bonds. The molecule has 0 bridgehead atoms. The fraction of sp³-hybridized carbons (Fsp3) is 0.533. The van der Waals surface area contributed by atoms with Crippen molar-refractivity contribution in [1.29, 1.82) is 0 Å². The van der Waals surface area contributed by atoms with Gasteiger partial charge in [0.2, 0.25) is 0 Å². The third-order valence-corrected chi connectivity index (χ3v) is 3.43. The third kappa shape index (κ3) is 4.71. The van der Waals surface area contributed by atoms with Gasteiger partial charge in [-0.1, -0.05) is 6.07 Å². The van der Waals surface area contributed by atoms with E-state index in [1.165, 1.54) is 13.0 Å². The highest BCUT2D eigenvalue weighted by molar-refractivity contribution is 5.77. The number of benzene rings is 1. The van der Waals surface area contributed by atoms with Crippen LogP contribution in [-0.2, 0) is 17.5 Å². The third-order valence-electron chi connectivity index (χ3n) is 3.43. The molecule has 0 spiro atoms. The summed E-state index contributed by atoms with van der Waals surface area (Å²) in [5.41, 5.74) is -0.105. The van der Waals surface area contributed by atoms with Crippen LogP contribution in [0.25, 0.3) is 0 Å². The van der Waals surface area contributed by atoms with Crippen molar-refractivity contribution in [2.75, 3.05) is 32.8 Å². The molecule has 0 atom stereocenters. The second kappa shape index (κ2) is 7.11. The molecule has 1 aromatic rings. The van der Waals surface area contributed by atoms with Crippen LogP contribution in [0.5, 0.6) is 5.75 Å². The quantitative estimate of drug-likeness (QED) is 0.903. The maximum absolute atomic E-state index is 12.8. The number of ether oxygens (including phenoxy) is 1. The summed E-state index contributed by atoms with van der Waals surface area (Å²) in [5, 5.41) is 3.22. The molecule has 1 aliphatic rings. The lowest BCUT2D eigenvalue weighted by molar-refractivity contribution is -0.137. The molecule has 1 aliphatic heterocycles. The molecule has 0 aromatic heterocycles. The van der Waals surface area contributed by atoms with Gasteiger partial charge in [0.1, 0.15) is 12.4 Å². The van der Waals surface area contributed by atoms with Gasteiger partial charge in [-0.2, -0.15) is 13.2 Å². The smallest absolute Gasteiger partial charge is 0.416 e. The number of carbonyl (C=O) groups is 1. The Hall–Kier alpha value is -1.60. The van der Waals surface area contributed by atoms with Crippen molar-refractivity contribution in [2.24, 2.45) is 0 Å². The predicted molar refractivity (Wildman–Crippen MR) is 75.8 cm³/mol. The zero-order chi connectivity index (χ0) is 16.2. The lowest BCUT2D eigenvalue weighted by atomic mass is 10.1. The highest BCUT2D eigenvalue weighted by Gasteiger charge is 2.31. The largest absolute Gasteiger partial charge is 0.486 e. The summed E-state index contributed by atoms with van der Waals surface area (Å²) in [5.74, 6) is -0.103. The number of rotatable bonds is 5. The Bertz CT molecular complexity index is 526. The van der Waals surface area contributed by atoms with E-state index in [1.807, 2.05) is 0 Å². The summed E-state index contributed by atoms with van der Waals surface area (Å²) in [6.07, 6.45) is -4.43. The van der Waals surface area contributed by atoms with Gasteiger partial charge in [-0.3, -0.25) is 9.69 Å². The second-order valence-electron chi connectivity index (χ2n) is 5.34. The summed E-state index contributed by atoms with van der Waals surface area (Å²) in [6, 6.07) is 3.46. The van der Waals surface area contributed by atoms with Crippen molar-refractivity contribution < 1.29 is 22.7 Å². The van der Waals surface area contributed by atoms with Gasteiger partial charge in [-0.15, -0.1) is 0 Å². The number of halogens is 3. The van der Waals surface area contributed by atoms with E-state index in [0.29, 0.717) is 12.1 Å². The fourth-order valence-corrected chi connectivity index (χ4v) is 2.29. The summed E-state index contributed by atoms with van der Waals surface area (Å²) in [7, 11) is 0.